The predicted molar refractivity (Wildman–Crippen MR) is 60.0 cm³/mol. The smallest absolute Gasteiger partial charge is 0.0874 e. The van der Waals surface area contributed by atoms with Crippen LogP contribution < -0.4 is 5.73 Å². The summed E-state index contributed by atoms with van der Waals surface area (Å²) in [7, 11) is 0. The van der Waals surface area contributed by atoms with E-state index in [0.29, 0.717) is 5.92 Å². The van der Waals surface area contributed by atoms with Crippen LogP contribution in [0.4, 0.5) is 5.69 Å². The Morgan fingerprint density at radius 1 is 1.20 bits per heavy atom. The molecule has 0 atom stereocenters. The van der Waals surface area contributed by atoms with E-state index in [-0.39, 0.29) is 0 Å². The highest BCUT2D eigenvalue weighted by molar-refractivity contribution is 5.56. The molecule has 3 heteroatoms. The zero-order valence-corrected chi connectivity index (χ0v) is 8.43. The third-order valence-electron chi connectivity index (χ3n) is 2.79. The molecule has 0 bridgehead atoms. The molecule has 1 heterocycles. The summed E-state index contributed by atoms with van der Waals surface area (Å²) in [6, 6.07) is 9.88. The van der Waals surface area contributed by atoms with E-state index in [4.69, 9.17) is 5.73 Å². The van der Waals surface area contributed by atoms with Crippen molar-refractivity contribution in [1.29, 1.82) is 0 Å². The van der Waals surface area contributed by atoms with E-state index in [1.54, 1.807) is 0 Å². The van der Waals surface area contributed by atoms with Crippen LogP contribution in [0.25, 0.3) is 5.69 Å². The number of aromatic nitrogens is 2. The van der Waals surface area contributed by atoms with Gasteiger partial charge >= 0.3 is 0 Å². The van der Waals surface area contributed by atoms with Crippen molar-refractivity contribution in [3.63, 3.8) is 0 Å². The average molecular weight is 199 g/mol. The Kier molecular flexibility index (Phi) is 1.78. The normalized spacial score (nSPS) is 15.5. The van der Waals surface area contributed by atoms with Crippen molar-refractivity contribution >= 4 is 5.69 Å². The lowest BCUT2D eigenvalue weighted by Gasteiger charge is -2.04. The summed E-state index contributed by atoms with van der Waals surface area (Å²) in [6.07, 6.45) is 4.54. The first-order valence-corrected chi connectivity index (χ1v) is 5.25. The van der Waals surface area contributed by atoms with Crippen LogP contribution in [0.15, 0.2) is 36.5 Å². The largest absolute Gasteiger partial charge is 0.397 e. The molecule has 76 valence electrons. The van der Waals surface area contributed by atoms with E-state index in [1.165, 1.54) is 18.5 Å². The molecule has 1 aromatic heterocycles. The first kappa shape index (κ1) is 8.53. The van der Waals surface area contributed by atoms with Gasteiger partial charge < -0.3 is 5.73 Å². The van der Waals surface area contributed by atoms with Crippen molar-refractivity contribution in [2.75, 3.05) is 5.73 Å². The van der Waals surface area contributed by atoms with Crippen molar-refractivity contribution in [3.05, 3.63) is 42.2 Å². The molecule has 3 nitrogen and oxygen atoms in total. The summed E-state index contributed by atoms with van der Waals surface area (Å²) in [5.74, 6) is 0.691. The van der Waals surface area contributed by atoms with E-state index >= 15 is 0 Å². The van der Waals surface area contributed by atoms with Gasteiger partial charge in [0.15, 0.2) is 0 Å². The highest BCUT2D eigenvalue weighted by Crippen LogP contribution is 2.39. The number of benzene rings is 1. The monoisotopic (exact) mass is 199 g/mol. The van der Waals surface area contributed by atoms with Gasteiger partial charge in [-0.2, -0.15) is 5.10 Å². The standard InChI is InChI=1S/C12H13N3/c13-10-3-1-2-4-12(10)15-8-7-11(14-15)9-5-6-9/h1-4,7-9H,5-6,13H2. The molecule has 3 rings (SSSR count). The molecule has 15 heavy (non-hydrogen) atoms. The maximum Gasteiger partial charge on any atom is 0.0874 e. The maximum atomic E-state index is 5.89. The van der Waals surface area contributed by atoms with Gasteiger partial charge in [-0.05, 0) is 31.0 Å². The molecule has 0 saturated heterocycles. The number of hydrogen-bond donors (Lipinski definition) is 1. The molecular weight excluding hydrogens is 186 g/mol. The molecule has 0 aliphatic heterocycles. The van der Waals surface area contributed by atoms with Crippen LogP contribution in [-0.2, 0) is 0 Å². The number of hydrogen-bond acceptors (Lipinski definition) is 2. The minimum absolute atomic E-state index is 0.691. The summed E-state index contributed by atoms with van der Waals surface area (Å²) >= 11 is 0. The number of anilines is 1. The zero-order valence-electron chi connectivity index (χ0n) is 8.43. The van der Waals surface area contributed by atoms with Crippen LogP contribution in [0.2, 0.25) is 0 Å². The molecule has 1 fully saturated rings. The third-order valence-corrected chi connectivity index (χ3v) is 2.79. The summed E-state index contributed by atoms with van der Waals surface area (Å²) in [5.41, 5.74) is 8.81. The Labute approximate surface area is 88.5 Å². The van der Waals surface area contributed by atoms with Gasteiger partial charge in [-0.15, -0.1) is 0 Å². The molecule has 1 aromatic carbocycles. The van der Waals surface area contributed by atoms with Crippen LogP contribution in [0.5, 0.6) is 0 Å². The van der Waals surface area contributed by atoms with Gasteiger partial charge in [0.25, 0.3) is 0 Å². The Morgan fingerprint density at radius 2 is 2.00 bits per heavy atom. The predicted octanol–water partition coefficient (Wildman–Crippen LogP) is 2.33. The fourth-order valence-electron chi connectivity index (χ4n) is 1.77. The minimum Gasteiger partial charge on any atom is -0.397 e. The van der Waals surface area contributed by atoms with Crippen LogP contribution in [-0.4, -0.2) is 9.78 Å². The number of nitrogens with zero attached hydrogens (tertiary/aromatic N) is 2. The molecule has 2 aromatic rings. The highest BCUT2D eigenvalue weighted by atomic mass is 15.3. The van der Waals surface area contributed by atoms with Crippen molar-refractivity contribution in [3.8, 4) is 5.69 Å². The van der Waals surface area contributed by atoms with Crippen LogP contribution in [0, 0.1) is 0 Å². The average Bonchev–Trinajstić information content (AvgIpc) is 2.99. The number of rotatable bonds is 2. The van der Waals surface area contributed by atoms with E-state index < -0.39 is 0 Å². The molecule has 1 aliphatic carbocycles. The van der Waals surface area contributed by atoms with Crippen LogP contribution >= 0.6 is 0 Å². The number of nitrogens with two attached hydrogens (primary N) is 1. The van der Waals surface area contributed by atoms with Crippen molar-refractivity contribution in [2.45, 2.75) is 18.8 Å². The molecule has 1 saturated carbocycles. The summed E-state index contributed by atoms with van der Waals surface area (Å²) < 4.78 is 1.86. The lowest BCUT2D eigenvalue weighted by atomic mass is 10.3. The topological polar surface area (TPSA) is 43.8 Å². The van der Waals surface area contributed by atoms with Crippen LogP contribution in [0.1, 0.15) is 24.5 Å². The first-order chi connectivity index (χ1) is 7.34. The van der Waals surface area contributed by atoms with Gasteiger partial charge in [0.2, 0.25) is 0 Å². The SMILES string of the molecule is Nc1ccccc1-n1ccc(C2CC2)n1. The summed E-state index contributed by atoms with van der Waals surface area (Å²) in [5, 5.41) is 4.54. The molecular formula is C12H13N3. The molecule has 0 radical (unpaired) electrons. The summed E-state index contributed by atoms with van der Waals surface area (Å²) in [6.45, 7) is 0. The lowest BCUT2D eigenvalue weighted by molar-refractivity contribution is 0.839. The van der Waals surface area contributed by atoms with Gasteiger partial charge in [0, 0.05) is 12.1 Å². The highest BCUT2D eigenvalue weighted by Gasteiger charge is 2.25. The van der Waals surface area contributed by atoms with Crippen molar-refractivity contribution in [1.82, 2.24) is 9.78 Å². The molecule has 0 amide bonds. The quantitative estimate of drug-likeness (QED) is 0.754. The summed E-state index contributed by atoms with van der Waals surface area (Å²) in [4.78, 5) is 0. The van der Waals surface area contributed by atoms with Gasteiger partial charge in [0.1, 0.15) is 0 Å². The second-order valence-corrected chi connectivity index (χ2v) is 4.02. The van der Waals surface area contributed by atoms with E-state index in [0.717, 1.165) is 11.4 Å². The fourth-order valence-corrected chi connectivity index (χ4v) is 1.77. The number of para-hydroxylation sites is 2. The molecule has 0 unspecified atom stereocenters. The second-order valence-electron chi connectivity index (χ2n) is 4.02. The molecule has 1 aliphatic rings. The zero-order chi connectivity index (χ0) is 10.3. The Hall–Kier alpha value is -1.77. The van der Waals surface area contributed by atoms with E-state index in [1.807, 2.05) is 35.1 Å². The first-order valence-electron chi connectivity index (χ1n) is 5.25. The van der Waals surface area contributed by atoms with E-state index in [9.17, 15) is 0 Å². The van der Waals surface area contributed by atoms with Gasteiger partial charge in [0.05, 0.1) is 17.1 Å². The third kappa shape index (κ3) is 1.50. The molecule has 0 spiro atoms. The Morgan fingerprint density at radius 3 is 2.73 bits per heavy atom. The van der Waals surface area contributed by atoms with Crippen molar-refractivity contribution in [2.24, 2.45) is 0 Å². The second kappa shape index (κ2) is 3.12. The fraction of sp³-hybridized carbons (Fsp3) is 0.250. The number of nitrogen functional groups attached to an aromatic ring is 1. The van der Waals surface area contributed by atoms with Crippen molar-refractivity contribution < 1.29 is 0 Å². The minimum atomic E-state index is 0.691. The van der Waals surface area contributed by atoms with Gasteiger partial charge in [-0.25, -0.2) is 4.68 Å². The Bertz CT molecular complexity index is 483. The lowest BCUT2D eigenvalue weighted by Crippen LogP contribution is -2.00. The molecule has 2 N–H and O–H groups in total. The van der Waals surface area contributed by atoms with Gasteiger partial charge in [-0.3, -0.25) is 0 Å². The Balaban J connectivity index is 2.01. The maximum absolute atomic E-state index is 5.89. The van der Waals surface area contributed by atoms with Crippen LogP contribution in [0.3, 0.4) is 0 Å². The van der Waals surface area contributed by atoms with E-state index in [2.05, 4.69) is 11.2 Å². The van der Waals surface area contributed by atoms with Gasteiger partial charge in [-0.1, -0.05) is 12.1 Å².